The van der Waals surface area contributed by atoms with E-state index in [9.17, 15) is 0 Å². The van der Waals surface area contributed by atoms with Crippen molar-refractivity contribution in [2.45, 2.75) is 13.5 Å². The van der Waals surface area contributed by atoms with Gasteiger partial charge < -0.3 is 5.32 Å². The first-order valence-corrected chi connectivity index (χ1v) is 3.51. The molecule has 0 aliphatic carbocycles. The summed E-state index contributed by atoms with van der Waals surface area (Å²) in [6, 6.07) is 0. The van der Waals surface area contributed by atoms with Gasteiger partial charge in [-0.05, 0) is 6.54 Å². The van der Waals surface area contributed by atoms with Crippen LogP contribution in [-0.2, 0) is 13.6 Å². The number of hydrogen-bond donors (Lipinski definition) is 1. The van der Waals surface area contributed by atoms with Crippen molar-refractivity contribution in [2.24, 2.45) is 7.05 Å². The maximum atomic E-state index is 4.05. The standard InChI is InChI=1S/C7H13N3.H2/c1-3-8-4-7-5-9-10(2)6-7;/h5-6,8H,3-4H2,1-2H3;1H. The van der Waals surface area contributed by atoms with E-state index in [1.54, 1.807) is 0 Å². The van der Waals surface area contributed by atoms with Crippen LogP contribution in [0.15, 0.2) is 12.4 Å². The van der Waals surface area contributed by atoms with Crippen LogP contribution in [0.3, 0.4) is 0 Å². The second-order valence-electron chi connectivity index (χ2n) is 2.30. The molecule has 0 saturated heterocycles. The number of aryl methyl sites for hydroxylation is 1. The van der Waals surface area contributed by atoms with Gasteiger partial charge in [0.15, 0.2) is 0 Å². The molecule has 0 atom stereocenters. The highest BCUT2D eigenvalue weighted by Crippen LogP contribution is 1.93. The number of hydrogen-bond acceptors (Lipinski definition) is 2. The first-order chi connectivity index (χ1) is 4.83. The molecule has 0 spiro atoms. The van der Waals surface area contributed by atoms with Crippen molar-refractivity contribution in [3.05, 3.63) is 18.0 Å². The minimum absolute atomic E-state index is 0. The van der Waals surface area contributed by atoms with Crippen LogP contribution in [0.4, 0.5) is 0 Å². The summed E-state index contributed by atoms with van der Waals surface area (Å²) in [7, 11) is 1.93. The van der Waals surface area contributed by atoms with Gasteiger partial charge >= 0.3 is 0 Å². The fraction of sp³-hybridized carbons (Fsp3) is 0.571. The van der Waals surface area contributed by atoms with Gasteiger partial charge in [0, 0.05) is 26.8 Å². The van der Waals surface area contributed by atoms with E-state index < -0.39 is 0 Å². The molecule has 1 aromatic rings. The van der Waals surface area contributed by atoms with E-state index in [-0.39, 0.29) is 1.43 Å². The van der Waals surface area contributed by atoms with Gasteiger partial charge in [0.1, 0.15) is 0 Å². The van der Waals surface area contributed by atoms with Gasteiger partial charge in [-0.1, -0.05) is 6.92 Å². The fourth-order valence-corrected chi connectivity index (χ4v) is 0.832. The van der Waals surface area contributed by atoms with E-state index in [1.165, 1.54) is 5.56 Å². The Morgan fingerprint density at radius 2 is 2.60 bits per heavy atom. The van der Waals surface area contributed by atoms with Crippen LogP contribution in [0, 0.1) is 0 Å². The Kier molecular flexibility index (Phi) is 2.45. The number of nitrogens with zero attached hydrogens (tertiary/aromatic N) is 2. The van der Waals surface area contributed by atoms with Gasteiger partial charge in [0.05, 0.1) is 6.20 Å². The Morgan fingerprint density at radius 3 is 3.10 bits per heavy atom. The second kappa shape index (κ2) is 3.37. The summed E-state index contributed by atoms with van der Waals surface area (Å²) in [6.07, 6.45) is 3.89. The van der Waals surface area contributed by atoms with E-state index in [2.05, 4.69) is 17.3 Å². The normalized spacial score (nSPS) is 10.2. The van der Waals surface area contributed by atoms with Crippen molar-refractivity contribution in [1.82, 2.24) is 15.1 Å². The number of rotatable bonds is 3. The van der Waals surface area contributed by atoms with Crippen LogP contribution in [0.1, 0.15) is 13.9 Å². The Morgan fingerprint density at radius 1 is 1.80 bits per heavy atom. The lowest BCUT2D eigenvalue weighted by molar-refractivity contribution is 0.723. The third-order valence-electron chi connectivity index (χ3n) is 1.34. The van der Waals surface area contributed by atoms with E-state index in [0.29, 0.717) is 0 Å². The van der Waals surface area contributed by atoms with Crippen molar-refractivity contribution < 1.29 is 1.43 Å². The average molecular weight is 141 g/mol. The topological polar surface area (TPSA) is 29.9 Å². The smallest absolute Gasteiger partial charge is 0.0534 e. The molecule has 0 aliphatic rings. The fourth-order valence-electron chi connectivity index (χ4n) is 0.832. The summed E-state index contributed by atoms with van der Waals surface area (Å²) in [5, 5.41) is 7.27. The molecule has 1 heterocycles. The summed E-state index contributed by atoms with van der Waals surface area (Å²) >= 11 is 0. The van der Waals surface area contributed by atoms with Gasteiger partial charge in [-0.2, -0.15) is 5.10 Å². The van der Waals surface area contributed by atoms with Gasteiger partial charge in [-0.15, -0.1) is 0 Å². The molecule has 58 valence electrons. The van der Waals surface area contributed by atoms with Crippen LogP contribution >= 0.6 is 0 Å². The van der Waals surface area contributed by atoms with Crippen molar-refractivity contribution in [3.8, 4) is 0 Å². The summed E-state index contributed by atoms with van der Waals surface area (Å²) in [5.74, 6) is 0. The van der Waals surface area contributed by atoms with Gasteiger partial charge in [-0.25, -0.2) is 0 Å². The lowest BCUT2D eigenvalue weighted by Gasteiger charge is -1.94. The molecule has 1 aromatic heterocycles. The molecule has 0 aliphatic heterocycles. The molecule has 0 bridgehead atoms. The molecule has 0 unspecified atom stereocenters. The Labute approximate surface area is 62.5 Å². The maximum absolute atomic E-state index is 4.05. The molecule has 1 N–H and O–H groups in total. The minimum atomic E-state index is 0. The quantitative estimate of drug-likeness (QED) is 0.674. The average Bonchev–Trinajstić information content (AvgIpc) is 2.31. The predicted octanol–water partition coefficient (Wildman–Crippen LogP) is 0.776. The van der Waals surface area contributed by atoms with Crippen molar-refractivity contribution in [2.75, 3.05) is 6.54 Å². The molecule has 0 fully saturated rings. The molecule has 10 heavy (non-hydrogen) atoms. The molecule has 0 radical (unpaired) electrons. The molecular weight excluding hydrogens is 126 g/mol. The van der Waals surface area contributed by atoms with Crippen molar-refractivity contribution >= 4 is 0 Å². The zero-order valence-corrected chi connectivity index (χ0v) is 6.46. The van der Waals surface area contributed by atoms with E-state index >= 15 is 0 Å². The Balaban J connectivity index is 0.000001000. The minimum Gasteiger partial charge on any atom is -0.313 e. The largest absolute Gasteiger partial charge is 0.313 e. The predicted molar refractivity (Wildman–Crippen MR) is 42.7 cm³/mol. The Hall–Kier alpha value is -0.830. The second-order valence-corrected chi connectivity index (χ2v) is 2.30. The molecule has 0 amide bonds. The SMILES string of the molecule is CCNCc1cnn(C)c1.[HH]. The van der Waals surface area contributed by atoms with E-state index in [0.717, 1.165) is 13.1 Å². The summed E-state index contributed by atoms with van der Waals surface area (Å²) in [6.45, 7) is 4.02. The molecule has 0 saturated carbocycles. The molecule has 0 aromatic carbocycles. The van der Waals surface area contributed by atoms with Gasteiger partial charge in [-0.3, -0.25) is 4.68 Å². The van der Waals surface area contributed by atoms with Crippen molar-refractivity contribution in [1.29, 1.82) is 0 Å². The molecule has 3 heteroatoms. The molecular formula is C7H15N3. The van der Waals surface area contributed by atoms with Crippen LogP contribution in [-0.4, -0.2) is 16.3 Å². The van der Waals surface area contributed by atoms with E-state index in [1.807, 2.05) is 24.1 Å². The highest BCUT2D eigenvalue weighted by Gasteiger charge is 1.91. The zero-order chi connectivity index (χ0) is 7.40. The third-order valence-corrected chi connectivity index (χ3v) is 1.34. The van der Waals surface area contributed by atoms with Crippen LogP contribution in [0.2, 0.25) is 0 Å². The Bertz CT molecular complexity index is 197. The van der Waals surface area contributed by atoms with E-state index in [4.69, 9.17) is 0 Å². The van der Waals surface area contributed by atoms with Crippen LogP contribution < -0.4 is 5.32 Å². The van der Waals surface area contributed by atoms with Gasteiger partial charge in [0.2, 0.25) is 0 Å². The van der Waals surface area contributed by atoms with Gasteiger partial charge in [0.25, 0.3) is 0 Å². The van der Waals surface area contributed by atoms with Crippen LogP contribution in [0.25, 0.3) is 0 Å². The summed E-state index contributed by atoms with van der Waals surface area (Å²) in [4.78, 5) is 0. The molecule has 1 rings (SSSR count). The van der Waals surface area contributed by atoms with Crippen LogP contribution in [0.5, 0.6) is 0 Å². The highest BCUT2D eigenvalue weighted by atomic mass is 15.2. The zero-order valence-electron chi connectivity index (χ0n) is 6.46. The molecule has 3 nitrogen and oxygen atoms in total. The highest BCUT2D eigenvalue weighted by molar-refractivity contribution is 5.02. The monoisotopic (exact) mass is 141 g/mol. The van der Waals surface area contributed by atoms with Crippen molar-refractivity contribution in [3.63, 3.8) is 0 Å². The first kappa shape index (κ1) is 7.28. The first-order valence-electron chi connectivity index (χ1n) is 3.51. The lowest BCUT2D eigenvalue weighted by atomic mass is 10.4. The lowest BCUT2D eigenvalue weighted by Crippen LogP contribution is -2.10. The third kappa shape index (κ3) is 1.84. The maximum Gasteiger partial charge on any atom is 0.0534 e. The number of aromatic nitrogens is 2. The number of nitrogens with one attached hydrogen (secondary N) is 1. The summed E-state index contributed by atoms with van der Waals surface area (Å²) < 4.78 is 1.81. The summed E-state index contributed by atoms with van der Waals surface area (Å²) in [5.41, 5.74) is 1.24.